The van der Waals surface area contributed by atoms with E-state index in [-0.39, 0.29) is 0 Å². The second kappa shape index (κ2) is 5.61. The molecule has 3 rings (SSSR count). The molecule has 0 saturated heterocycles. The molecule has 0 spiro atoms. The average molecular weight is 298 g/mol. The van der Waals surface area contributed by atoms with Crippen LogP contribution >= 0.6 is 23.8 Å². The molecule has 2 heterocycles. The third-order valence-electron chi connectivity index (χ3n) is 3.30. The van der Waals surface area contributed by atoms with Crippen LogP contribution in [0.25, 0.3) is 11.2 Å². The van der Waals surface area contributed by atoms with Crippen LogP contribution in [0.15, 0.2) is 12.3 Å². The highest BCUT2D eigenvalue weighted by molar-refractivity contribution is 7.71. The van der Waals surface area contributed by atoms with Crippen LogP contribution in [0, 0.1) is 10.7 Å². The van der Waals surface area contributed by atoms with Gasteiger partial charge in [-0.1, -0.05) is 11.6 Å². The predicted molar refractivity (Wildman–Crippen MR) is 78.1 cm³/mol. The number of nitrogens with one attached hydrogen (secondary N) is 1. The summed E-state index contributed by atoms with van der Waals surface area (Å²) in [5.74, 6) is 0.819. The van der Waals surface area contributed by atoms with Crippen LogP contribution in [0.3, 0.4) is 0 Å². The van der Waals surface area contributed by atoms with Gasteiger partial charge < -0.3 is 14.3 Å². The molecule has 1 fully saturated rings. The van der Waals surface area contributed by atoms with Gasteiger partial charge in [-0.2, -0.15) is 0 Å². The van der Waals surface area contributed by atoms with E-state index in [1.54, 1.807) is 6.20 Å². The first kappa shape index (κ1) is 13.1. The van der Waals surface area contributed by atoms with Crippen LogP contribution in [0.1, 0.15) is 19.3 Å². The molecule has 4 nitrogen and oxygen atoms in total. The quantitative estimate of drug-likeness (QED) is 0.655. The van der Waals surface area contributed by atoms with Crippen LogP contribution in [-0.2, 0) is 11.3 Å². The van der Waals surface area contributed by atoms with Gasteiger partial charge in [-0.25, -0.2) is 4.98 Å². The molecular weight excluding hydrogens is 282 g/mol. The first-order valence-corrected chi connectivity index (χ1v) is 7.34. The van der Waals surface area contributed by atoms with Gasteiger partial charge in [0.05, 0.1) is 10.5 Å². The fraction of sp³-hybridized carbons (Fsp3) is 0.538. The van der Waals surface area contributed by atoms with Crippen molar-refractivity contribution < 1.29 is 4.74 Å². The molecule has 6 heteroatoms. The number of aromatic nitrogens is 3. The summed E-state index contributed by atoms with van der Waals surface area (Å²) in [6.45, 7) is 2.50. The lowest BCUT2D eigenvalue weighted by molar-refractivity contribution is 0.119. The number of fused-ring (bicyclic) bond motifs is 1. The van der Waals surface area contributed by atoms with Gasteiger partial charge in [0.25, 0.3) is 0 Å². The molecule has 0 amide bonds. The molecule has 102 valence electrons. The number of nitrogens with zero attached hydrogens (tertiary/aromatic N) is 2. The van der Waals surface area contributed by atoms with Crippen molar-refractivity contribution in [2.45, 2.75) is 25.8 Å². The van der Waals surface area contributed by atoms with Crippen molar-refractivity contribution in [1.82, 2.24) is 14.5 Å². The first-order valence-electron chi connectivity index (χ1n) is 6.56. The Morgan fingerprint density at radius 2 is 2.37 bits per heavy atom. The number of rotatable bonds is 6. The number of aryl methyl sites for hydroxylation is 1. The third kappa shape index (κ3) is 3.16. The van der Waals surface area contributed by atoms with Crippen LogP contribution in [0.4, 0.5) is 0 Å². The molecule has 0 aromatic carbocycles. The molecule has 0 radical (unpaired) electrons. The van der Waals surface area contributed by atoms with Crippen molar-refractivity contribution in [3.63, 3.8) is 0 Å². The standard InChI is InChI=1S/C13H16ClN3OS/c14-10-6-11-12(15-7-10)17(13(19)16-11)4-1-5-18-8-9-2-3-9/h6-7,9H,1-5,8H2,(H,16,19). The number of ether oxygens (including phenoxy) is 1. The zero-order valence-electron chi connectivity index (χ0n) is 10.6. The Morgan fingerprint density at radius 1 is 1.53 bits per heavy atom. The second-order valence-electron chi connectivity index (χ2n) is 4.98. The number of imidazole rings is 1. The molecule has 2 aromatic rings. The molecule has 1 N–H and O–H groups in total. The largest absolute Gasteiger partial charge is 0.381 e. The van der Waals surface area contributed by atoms with E-state index in [0.29, 0.717) is 9.79 Å². The van der Waals surface area contributed by atoms with E-state index in [2.05, 4.69) is 9.97 Å². The molecule has 1 saturated carbocycles. The number of halogens is 1. The lowest BCUT2D eigenvalue weighted by atomic mass is 10.4. The number of hydrogen-bond acceptors (Lipinski definition) is 3. The first-order chi connectivity index (χ1) is 9.24. The smallest absolute Gasteiger partial charge is 0.179 e. The summed E-state index contributed by atoms with van der Waals surface area (Å²) in [7, 11) is 0. The minimum absolute atomic E-state index is 0.615. The Morgan fingerprint density at radius 3 is 3.16 bits per heavy atom. The van der Waals surface area contributed by atoms with Crippen molar-refractivity contribution >= 4 is 35.0 Å². The van der Waals surface area contributed by atoms with Gasteiger partial charge in [0, 0.05) is 26.0 Å². The molecule has 2 aromatic heterocycles. The number of pyridine rings is 1. The normalized spacial score (nSPS) is 15.2. The fourth-order valence-corrected chi connectivity index (χ4v) is 2.53. The van der Waals surface area contributed by atoms with Crippen LogP contribution < -0.4 is 0 Å². The second-order valence-corrected chi connectivity index (χ2v) is 5.80. The Kier molecular flexibility index (Phi) is 3.86. The van der Waals surface area contributed by atoms with Gasteiger partial charge in [0.15, 0.2) is 10.4 Å². The highest BCUT2D eigenvalue weighted by Gasteiger charge is 2.20. The van der Waals surface area contributed by atoms with Gasteiger partial charge in [-0.3, -0.25) is 0 Å². The summed E-state index contributed by atoms with van der Waals surface area (Å²) in [4.78, 5) is 7.46. The van der Waals surface area contributed by atoms with Crippen molar-refractivity contribution in [1.29, 1.82) is 0 Å². The maximum Gasteiger partial charge on any atom is 0.179 e. The highest BCUT2D eigenvalue weighted by Crippen LogP contribution is 2.28. The van der Waals surface area contributed by atoms with Gasteiger partial charge in [-0.15, -0.1) is 0 Å². The number of hydrogen-bond donors (Lipinski definition) is 1. The summed E-state index contributed by atoms with van der Waals surface area (Å²) in [6.07, 6.45) is 5.25. The maximum atomic E-state index is 5.92. The maximum absolute atomic E-state index is 5.92. The minimum atomic E-state index is 0.615. The molecular formula is C13H16ClN3OS. The minimum Gasteiger partial charge on any atom is -0.381 e. The van der Waals surface area contributed by atoms with E-state index in [4.69, 9.17) is 28.6 Å². The molecule has 19 heavy (non-hydrogen) atoms. The number of aromatic amines is 1. The van der Waals surface area contributed by atoms with E-state index in [9.17, 15) is 0 Å². The van der Waals surface area contributed by atoms with Gasteiger partial charge in [0.1, 0.15) is 0 Å². The van der Waals surface area contributed by atoms with Crippen molar-refractivity contribution in [2.24, 2.45) is 5.92 Å². The number of H-pyrrole nitrogens is 1. The van der Waals surface area contributed by atoms with E-state index < -0.39 is 0 Å². The van der Waals surface area contributed by atoms with Crippen LogP contribution in [0.2, 0.25) is 5.02 Å². The molecule has 0 atom stereocenters. The molecule has 1 aliphatic carbocycles. The van der Waals surface area contributed by atoms with Gasteiger partial charge in [0.2, 0.25) is 0 Å². The Balaban J connectivity index is 1.62. The molecule has 0 bridgehead atoms. The SMILES string of the molecule is S=c1[nH]c2cc(Cl)cnc2n1CCCOCC1CC1. The van der Waals surface area contributed by atoms with E-state index in [1.807, 2.05) is 10.6 Å². The molecule has 0 aliphatic heterocycles. The van der Waals surface area contributed by atoms with Crippen LogP contribution in [0.5, 0.6) is 0 Å². The molecule has 1 aliphatic rings. The average Bonchev–Trinajstić information content (AvgIpc) is 3.14. The van der Waals surface area contributed by atoms with Gasteiger partial charge in [-0.05, 0) is 43.5 Å². The summed E-state index contributed by atoms with van der Waals surface area (Å²) in [5.41, 5.74) is 1.74. The van der Waals surface area contributed by atoms with Crippen molar-refractivity contribution in [3.05, 3.63) is 22.1 Å². The predicted octanol–water partition coefficient (Wildman–Crippen LogP) is 3.56. The lowest BCUT2D eigenvalue weighted by Gasteiger charge is -2.05. The Hall–Kier alpha value is -0.910. The highest BCUT2D eigenvalue weighted by atomic mass is 35.5. The summed E-state index contributed by atoms with van der Waals surface area (Å²) < 4.78 is 8.32. The lowest BCUT2D eigenvalue weighted by Crippen LogP contribution is -2.05. The summed E-state index contributed by atoms with van der Waals surface area (Å²) in [6, 6.07) is 1.85. The molecule has 0 unspecified atom stereocenters. The zero-order chi connectivity index (χ0) is 13.2. The summed E-state index contributed by atoms with van der Waals surface area (Å²) in [5, 5.41) is 0.615. The summed E-state index contributed by atoms with van der Waals surface area (Å²) >= 11 is 11.2. The van der Waals surface area contributed by atoms with E-state index in [1.165, 1.54) is 12.8 Å². The Labute approximate surface area is 121 Å². The van der Waals surface area contributed by atoms with Crippen LogP contribution in [-0.4, -0.2) is 27.7 Å². The van der Waals surface area contributed by atoms with Gasteiger partial charge >= 0.3 is 0 Å². The Bertz CT molecular complexity index is 632. The van der Waals surface area contributed by atoms with Crippen molar-refractivity contribution in [2.75, 3.05) is 13.2 Å². The topological polar surface area (TPSA) is 42.8 Å². The van der Waals surface area contributed by atoms with Crippen molar-refractivity contribution in [3.8, 4) is 0 Å². The third-order valence-corrected chi connectivity index (χ3v) is 3.83. The monoisotopic (exact) mass is 297 g/mol. The van der Waals surface area contributed by atoms with E-state index >= 15 is 0 Å². The van der Waals surface area contributed by atoms with E-state index in [0.717, 1.165) is 43.3 Å². The zero-order valence-corrected chi connectivity index (χ0v) is 12.1. The fourth-order valence-electron chi connectivity index (χ4n) is 2.08.